The fourth-order valence-corrected chi connectivity index (χ4v) is 3.51. The number of ether oxygens (including phenoxy) is 3. The summed E-state index contributed by atoms with van der Waals surface area (Å²) >= 11 is 1.75. The lowest BCUT2D eigenvalue weighted by Crippen LogP contribution is -2.36. The van der Waals surface area contributed by atoms with Crippen LogP contribution in [0.3, 0.4) is 0 Å². The minimum atomic E-state index is 0. The molecule has 0 heterocycles. The molecule has 160 valence electrons. The maximum atomic E-state index is 5.49. The average Bonchev–Trinajstić information content (AvgIpc) is 2.73. The second-order valence-electron chi connectivity index (χ2n) is 6.11. The zero-order chi connectivity index (χ0) is 20.5. The van der Waals surface area contributed by atoms with Gasteiger partial charge in [0.1, 0.15) is 5.75 Å². The zero-order valence-corrected chi connectivity index (χ0v) is 20.9. The van der Waals surface area contributed by atoms with Crippen LogP contribution in [-0.4, -0.2) is 40.6 Å². The molecule has 0 saturated heterocycles. The van der Waals surface area contributed by atoms with Crippen LogP contribution in [0.4, 0.5) is 0 Å². The van der Waals surface area contributed by atoms with Crippen molar-refractivity contribution in [3.8, 4) is 17.2 Å². The van der Waals surface area contributed by atoms with Gasteiger partial charge in [0.05, 0.1) is 21.3 Å². The van der Waals surface area contributed by atoms with E-state index in [4.69, 9.17) is 14.2 Å². The van der Waals surface area contributed by atoms with E-state index in [9.17, 15) is 0 Å². The highest BCUT2D eigenvalue weighted by Gasteiger charge is 2.12. The lowest BCUT2D eigenvalue weighted by molar-refractivity contribution is 0.347. The number of rotatable bonds is 8. The van der Waals surface area contributed by atoms with Gasteiger partial charge in [-0.05, 0) is 36.4 Å². The summed E-state index contributed by atoms with van der Waals surface area (Å²) in [6.45, 7) is 3.33. The molecule has 6 nitrogen and oxygen atoms in total. The Morgan fingerprint density at radius 2 is 1.48 bits per heavy atom. The third-order valence-electron chi connectivity index (χ3n) is 4.35. The summed E-state index contributed by atoms with van der Waals surface area (Å²) in [6, 6.07) is 10.2. The van der Waals surface area contributed by atoms with Crippen LogP contribution in [-0.2, 0) is 13.1 Å². The number of halogens is 1. The second-order valence-corrected chi connectivity index (χ2v) is 6.96. The number of hydrogen-bond acceptors (Lipinski definition) is 5. The minimum absolute atomic E-state index is 0. The number of hydrogen-bond donors (Lipinski definition) is 2. The van der Waals surface area contributed by atoms with E-state index in [0.29, 0.717) is 30.5 Å². The van der Waals surface area contributed by atoms with Gasteiger partial charge >= 0.3 is 0 Å². The second kappa shape index (κ2) is 12.7. The molecule has 29 heavy (non-hydrogen) atoms. The molecule has 0 aliphatic carbocycles. The Balaban J connectivity index is 0.00000420. The van der Waals surface area contributed by atoms with Gasteiger partial charge in [-0.3, -0.25) is 4.99 Å². The van der Waals surface area contributed by atoms with Crippen LogP contribution in [0, 0.1) is 6.92 Å². The van der Waals surface area contributed by atoms with Crippen LogP contribution in [0.25, 0.3) is 0 Å². The first-order valence-electron chi connectivity index (χ1n) is 8.93. The molecule has 0 spiro atoms. The van der Waals surface area contributed by atoms with Crippen molar-refractivity contribution in [3.05, 3.63) is 47.0 Å². The summed E-state index contributed by atoms with van der Waals surface area (Å²) in [5.41, 5.74) is 3.45. The van der Waals surface area contributed by atoms with E-state index in [1.54, 1.807) is 40.1 Å². The van der Waals surface area contributed by atoms with Crippen molar-refractivity contribution in [1.82, 2.24) is 10.6 Å². The van der Waals surface area contributed by atoms with Crippen LogP contribution in [0.2, 0.25) is 0 Å². The third-order valence-corrected chi connectivity index (χ3v) is 5.17. The lowest BCUT2D eigenvalue weighted by atomic mass is 10.1. The molecule has 0 bridgehead atoms. The molecule has 0 aromatic heterocycles. The minimum Gasteiger partial charge on any atom is -0.496 e. The molecule has 0 atom stereocenters. The molecule has 0 aliphatic heterocycles. The number of aliphatic imine (C=N–C) groups is 1. The summed E-state index contributed by atoms with van der Waals surface area (Å²) in [6.07, 6.45) is 2.09. The van der Waals surface area contributed by atoms with E-state index in [1.807, 2.05) is 12.1 Å². The molecule has 2 aromatic rings. The van der Waals surface area contributed by atoms with Crippen molar-refractivity contribution in [1.29, 1.82) is 0 Å². The molecule has 2 N–H and O–H groups in total. The van der Waals surface area contributed by atoms with Gasteiger partial charge in [-0.15, -0.1) is 35.7 Å². The number of methoxy groups -OCH3 is 3. The predicted molar refractivity (Wildman–Crippen MR) is 132 cm³/mol. The van der Waals surface area contributed by atoms with Crippen molar-refractivity contribution >= 4 is 41.7 Å². The van der Waals surface area contributed by atoms with Gasteiger partial charge in [0.2, 0.25) is 0 Å². The fraction of sp³-hybridized carbons (Fsp3) is 0.381. The van der Waals surface area contributed by atoms with Gasteiger partial charge in [-0.2, -0.15) is 0 Å². The van der Waals surface area contributed by atoms with Crippen LogP contribution in [0.15, 0.2) is 40.2 Å². The molecular weight excluding hydrogens is 501 g/mol. The Labute approximate surface area is 194 Å². The third kappa shape index (κ3) is 6.88. The normalized spacial score (nSPS) is 10.8. The quantitative estimate of drug-likeness (QED) is 0.230. The maximum Gasteiger partial charge on any atom is 0.191 e. The van der Waals surface area contributed by atoms with Crippen LogP contribution in [0.5, 0.6) is 17.2 Å². The molecule has 0 saturated carbocycles. The van der Waals surface area contributed by atoms with Crippen molar-refractivity contribution in [2.45, 2.75) is 24.9 Å². The van der Waals surface area contributed by atoms with E-state index in [2.05, 4.69) is 47.0 Å². The molecule has 2 rings (SSSR count). The highest BCUT2D eigenvalue weighted by Crippen LogP contribution is 2.34. The largest absolute Gasteiger partial charge is 0.496 e. The molecule has 8 heteroatoms. The van der Waals surface area contributed by atoms with E-state index in [-0.39, 0.29) is 24.0 Å². The Hall–Kier alpha value is -1.81. The van der Waals surface area contributed by atoms with Gasteiger partial charge in [-0.25, -0.2) is 0 Å². The van der Waals surface area contributed by atoms with Crippen molar-refractivity contribution < 1.29 is 14.2 Å². The first-order chi connectivity index (χ1) is 13.6. The highest BCUT2D eigenvalue weighted by molar-refractivity contribution is 14.0. The molecular formula is C21H30IN3O3S. The molecule has 0 fully saturated rings. The summed E-state index contributed by atoms with van der Waals surface area (Å²) in [5.74, 6) is 2.73. The summed E-state index contributed by atoms with van der Waals surface area (Å²) in [7, 11) is 6.62. The summed E-state index contributed by atoms with van der Waals surface area (Å²) < 4.78 is 16.2. The molecule has 0 unspecified atom stereocenters. The van der Waals surface area contributed by atoms with Crippen molar-refractivity contribution in [3.63, 3.8) is 0 Å². The molecule has 0 amide bonds. The summed E-state index contributed by atoms with van der Waals surface area (Å²) in [5, 5.41) is 6.69. The smallest absolute Gasteiger partial charge is 0.191 e. The van der Waals surface area contributed by atoms with Gasteiger partial charge in [0, 0.05) is 36.7 Å². The molecule has 2 aromatic carbocycles. The Morgan fingerprint density at radius 1 is 0.897 bits per heavy atom. The van der Waals surface area contributed by atoms with Gasteiger partial charge in [0.25, 0.3) is 0 Å². The maximum absolute atomic E-state index is 5.49. The van der Waals surface area contributed by atoms with Crippen LogP contribution in [0.1, 0.15) is 16.7 Å². The van der Waals surface area contributed by atoms with Crippen LogP contribution < -0.4 is 24.8 Å². The number of aryl methyl sites for hydroxylation is 1. The van der Waals surface area contributed by atoms with Gasteiger partial charge in [0.15, 0.2) is 17.5 Å². The standard InChI is InChI=1S/C21H29N3O3S.HI/c1-14-7-8-15(20(9-14)28-6)12-23-21(22-2)24-13-16-10-18(26-4)19(27-5)11-17(16)25-3;/h7-11H,12-13H2,1-6H3,(H2,22,23,24);1H. The predicted octanol–water partition coefficient (Wildman–Crippen LogP) is 4.23. The highest BCUT2D eigenvalue weighted by atomic mass is 127. The number of thioether (sulfide) groups is 1. The number of nitrogens with zero attached hydrogens (tertiary/aromatic N) is 1. The average molecular weight is 531 g/mol. The number of guanidine groups is 1. The van der Waals surface area contributed by atoms with Crippen LogP contribution >= 0.6 is 35.7 Å². The van der Waals surface area contributed by atoms with Crippen molar-refractivity contribution in [2.75, 3.05) is 34.6 Å². The first-order valence-corrected chi connectivity index (χ1v) is 10.2. The van der Waals surface area contributed by atoms with E-state index in [1.165, 1.54) is 16.0 Å². The number of benzene rings is 2. The molecule has 0 radical (unpaired) electrons. The van der Waals surface area contributed by atoms with E-state index >= 15 is 0 Å². The van der Waals surface area contributed by atoms with E-state index in [0.717, 1.165) is 11.3 Å². The van der Waals surface area contributed by atoms with Gasteiger partial charge < -0.3 is 24.8 Å². The van der Waals surface area contributed by atoms with Crippen molar-refractivity contribution in [2.24, 2.45) is 4.99 Å². The number of nitrogens with one attached hydrogen (secondary N) is 2. The monoisotopic (exact) mass is 531 g/mol. The molecule has 0 aliphatic rings. The first kappa shape index (κ1) is 25.2. The van der Waals surface area contributed by atoms with Gasteiger partial charge in [-0.1, -0.05) is 12.1 Å². The topological polar surface area (TPSA) is 64.1 Å². The fourth-order valence-electron chi connectivity index (χ4n) is 2.81. The Bertz CT molecular complexity index is 831. The summed E-state index contributed by atoms with van der Waals surface area (Å²) in [4.78, 5) is 5.58. The zero-order valence-electron chi connectivity index (χ0n) is 17.8. The van der Waals surface area contributed by atoms with E-state index < -0.39 is 0 Å². The Morgan fingerprint density at radius 3 is 2.03 bits per heavy atom. The lowest BCUT2D eigenvalue weighted by Gasteiger charge is -2.17. The SMILES string of the molecule is CN=C(NCc1cc(OC)c(OC)cc1OC)NCc1ccc(C)cc1SC.I. The Kier molecular flexibility index (Phi) is 11.0.